The van der Waals surface area contributed by atoms with Crippen molar-refractivity contribution in [2.24, 2.45) is 23.7 Å². The minimum absolute atomic E-state index is 0.102. The molecule has 0 radical (unpaired) electrons. The van der Waals surface area contributed by atoms with Crippen molar-refractivity contribution in [3.05, 3.63) is 24.3 Å². The van der Waals surface area contributed by atoms with Crippen LogP contribution in [0.15, 0.2) is 24.3 Å². The Morgan fingerprint density at radius 1 is 1.42 bits per heavy atom. The number of carbonyl (C=O) groups excluding carboxylic acids is 2. The molecule has 6 atom stereocenters. The Morgan fingerprint density at radius 3 is 2.71 bits per heavy atom. The van der Waals surface area contributed by atoms with Crippen molar-refractivity contribution >= 4 is 11.9 Å². The second kappa shape index (κ2) is 5.73. The molecule has 2 saturated carbocycles. The number of hydrogen-bond acceptors (Lipinski definition) is 5. The Morgan fingerprint density at radius 2 is 2.08 bits per heavy atom. The second-order valence-electron chi connectivity index (χ2n) is 8.00. The number of esters is 2. The smallest absolute Gasteiger partial charge is 0.334 e. The highest BCUT2D eigenvalue weighted by Crippen LogP contribution is 2.53. The molecule has 5 nitrogen and oxygen atoms in total. The quantitative estimate of drug-likeness (QED) is 0.477. The third kappa shape index (κ3) is 2.69. The molecule has 0 aromatic heterocycles. The van der Waals surface area contributed by atoms with Crippen LogP contribution in [0.4, 0.5) is 0 Å². The molecule has 0 amide bonds. The first-order valence-corrected chi connectivity index (χ1v) is 8.62. The maximum atomic E-state index is 12.1. The monoisotopic (exact) mass is 334 g/mol. The molecule has 1 saturated heterocycles. The fourth-order valence-corrected chi connectivity index (χ4v) is 4.50. The normalized spacial score (nSPS) is 41.7. The molecule has 0 spiro atoms. The molecule has 6 unspecified atom stereocenters. The van der Waals surface area contributed by atoms with Gasteiger partial charge in [-0.25, -0.2) is 4.79 Å². The maximum absolute atomic E-state index is 12.1. The molecule has 3 rings (SSSR count). The first-order valence-electron chi connectivity index (χ1n) is 8.62. The molecular weight excluding hydrogens is 308 g/mol. The van der Waals surface area contributed by atoms with E-state index in [-0.39, 0.29) is 47.8 Å². The van der Waals surface area contributed by atoms with E-state index in [2.05, 4.69) is 13.2 Å². The topological polar surface area (TPSA) is 72.8 Å². The van der Waals surface area contributed by atoms with Gasteiger partial charge in [-0.2, -0.15) is 0 Å². The zero-order valence-corrected chi connectivity index (χ0v) is 14.6. The van der Waals surface area contributed by atoms with Crippen molar-refractivity contribution in [2.75, 3.05) is 0 Å². The third-order valence-electron chi connectivity index (χ3n) is 5.85. The predicted molar refractivity (Wildman–Crippen MR) is 87.8 cm³/mol. The van der Waals surface area contributed by atoms with E-state index in [9.17, 15) is 14.7 Å². The number of carbonyl (C=O) groups is 2. The largest absolute Gasteiger partial charge is 0.461 e. The van der Waals surface area contributed by atoms with Crippen molar-refractivity contribution in [3.8, 4) is 0 Å². The van der Waals surface area contributed by atoms with E-state index >= 15 is 0 Å². The zero-order chi connectivity index (χ0) is 17.8. The van der Waals surface area contributed by atoms with Crippen LogP contribution >= 0.6 is 0 Å². The molecule has 3 fully saturated rings. The number of rotatable bonds is 2. The van der Waals surface area contributed by atoms with Crippen molar-refractivity contribution in [3.63, 3.8) is 0 Å². The van der Waals surface area contributed by atoms with Crippen molar-refractivity contribution < 1.29 is 24.2 Å². The van der Waals surface area contributed by atoms with E-state index in [0.717, 1.165) is 5.57 Å². The highest BCUT2D eigenvalue weighted by Gasteiger charge is 2.57. The van der Waals surface area contributed by atoms with Gasteiger partial charge in [0.15, 0.2) is 0 Å². The molecule has 24 heavy (non-hydrogen) atoms. The minimum Gasteiger partial charge on any atom is -0.461 e. The Balaban J connectivity index is 1.89. The van der Waals surface area contributed by atoms with Crippen LogP contribution in [-0.4, -0.2) is 34.9 Å². The van der Waals surface area contributed by atoms with Crippen LogP contribution in [0.5, 0.6) is 0 Å². The van der Waals surface area contributed by atoms with Crippen LogP contribution in [0, 0.1) is 23.7 Å². The van der Waals surface area contributed by atoms with E-state index in [4.69, 9.17) is 9.47 Å². The fraction of sp³-hybridized carbons (Fsp3) is 0.684. The third-order valence-corrected chi connectivity index (χ3v) is 5.85. The molecule has 5 heteroatoms. The average Bonchev–Trinajstić information content (AvgIpc) is 2.80. The Labute approximate surface area is 142 Å². The molecule has 1 aliphatic heterocycles. The molecule has 3 aliphatic rings. The summed E-state index contributed by atoms with van der Waals surface area (Å²) in [6, 6.07) is 0. The van der Waals surface area contributed by atoms with Gasteiger partial charge in [0.25, 0.3) is 0 Å². The lowest BCUT2D eigenvalue weighted by Crippen LogP contribution is -2.33. The first-order chi connectivity index (χ1) is 11.1. The van der Waals surface area contributed by atoms with Crippen LogP contribution < -0.4 is 0 Å². The summed E-state index contributed by atoms with van der Waals surface area (Å²) in [4.78, 5) is 23.9. The molecule has 2 aliphatic carbocycles. The number of fused-ring (bicyclic) bond motifs is 2. The standard InChI is InChI=1S/C19H26O5/c1-9(2)17(20)24-15-8-19(5,22)13-7-12-11(4)18(21)23-14(12)6-10(3)16(13)15/h9,12-16,22H,3-4,6-8H2,1-2,5H3. The first kappa shape index (κ1) is 17.2. The predicted octanol–water partition coefficient (Wildman–Crippen LogP) is 2.39. The summed E-state index contributed by atoms with van der Waals surface area (Å²) in [6.07, 6.45) is 0.873. The Bertz CT molecular complexity index is 603. The van der Waals surface area contributed by atoms with Gasteiger partial charge in [0.05, 0.1) is 11.5 Å². The molecule has 1 N–H and O–H groups in total. The summed E-state index contributed by atoms with van der Waals surface area (Å²) in [6.45, 7) is 13.4. The van der Waals surface area contributed by atoms with Crippen LogP contribution in [0.2, 0.25) is 0 Å². The van der Waals surface area contributed by atoms with Gasteiger partial charge >= 0.3 is 11.9 Å². The van der Waals surface area contributed by atoms with Gasteiger partial charge in [-0.15, -0.1) is 0 Å². The fourth-order valence-electron chi connectivity index (χ4n) is 4.50. The van der Waals surface area contributed by atoms with Crippen LogP contribution in [0.3, 0.4) is 0 Å². The SMILES string of the molecule is C=C1C(=O)OC2CC(=C)C3C(OC(=O)C(C)C)CC(C)(O)C3CC12. The van der Waals surface area contributed by atoms with E-state index in [1.54, 1.807) is 20.8 Å². The lowest BCUT2D eigenvalue weighted by molar-refractivity contribution is -0.154. The van der Waals surface area contributed by atoms with E-state index in [1.807, 2.05) is 0 Å². The zero-order valence-electron chi connectivity index (χ0n) is 14.6. The molecule has 0 aromatic carbocycles. The van der Waals surface area contributed by atoms with Gasteiger partial charge in [0.2, 0.25) is 0 Å². The van der Waals surface area contributed by atoms with Crippen molar-refractivity contribution in [1.29, 1.82) is 0 Å². The molecule has 1 heterocycles. The Hall–Kier alpha value is -1.62. The highest BCUT2D eigenvalue weighted by molar-refractivity contribution is 5.90. The van der Waals surface area contributed by atoms with Crippen molar-refractivity contribution in [2.45, 2.75) is 57.8 Å². The summed E-state index contributed by atoms with van der Waals surface area (Å²) >= 11 is 0. The second-order valence-corrected chi connectivity index (χ2v) is 8.00. The molecule has 132 valence electrons. The van der Waals surface area contributed by atoms with Crippen molar-refractivity contribution in [1.82, 2.24) is 0 Å². The van der Waals surface area contributed by atoms with E-state index < -0.39 is 5.60 Å². The van der Waals surface area contributed by atoms with Crippen LogP contribution in [0.1, 0.15) is 40.0 Å². The van der Waals surface area contributed by atoms with Crippen LogP contribution in [-0.2, 0) is 19.1 Å². The van der Waals surface area contributed by atoms with Crippen LogP contribution in [0.25, 0.3) is 0 Å². The summed E-state index contributed by atoms with van der Waals surface area (Å²) in [5, 5.41) is 10.9. The highest BCUT2D eigenvalue weighted by atomic mass is 16.6. The summed E-state index contributed by atoms with van der Waals surface area (Å²) in [5.74, 6) is -1.17. The van der Waals surface area contributed by atoms with E-state index in [0.29, 0.717) is 24.8 Å². The summed E-state index contributed by atoms with van der Waals surface area (Å²) < 4.78 is 11.1. The Kier molecular flexibility index (Phi) is 4.11. The van der Waals surface area contributed by atoms with Gasteiger partial charge in [-0.3, -0.25) is 4.79 Å². The summed E-state index contributed by atoms with van der Waals surface area (Å²) in [7, 11) is 0. The lowest BCUT2D eigenvalue weighted by Gasteiger charge is -2.30. The van der Waals surface area contributed by atoms with Gasteiger partial charge in [-0.1, -0.05) is 32.6 Å². The number of aliphatic hydroxyl groups is 1. The average molecular weight is 334 g/mol. The van der Waals surface area contributed by atoms with Gasteiger partial charge in [0, 0.05) is 30.3 Å². The lowest BCUT2D eigenvalue weighted by atomic mass is 9.78. The van der Waals surface area contributed by atoms with Gasteiger partial charge in [0.1, 0.15) is 12.2 Å². The van der Waals surface area contributed by atoms with Gasteiger partial charge in [-0.05, 0) is 19.3 Å². The molecule has 0 aromatic rings. The van der Waals surface area contributed by atoms with E-state index in [1.165, 1.54) is 0 Å². The van der Waals surface area contributed by atoms with Gasteiger partial charge < -0.3 is 14.6 Å². The molecular formula is C19H26O5. The maximum Gasteiger partial charge on any atom is 0.334 e. The minimum atomic E-state index is -0.976. The molecule has 0 bridgehead atoms. The number of ether oxygens (including phenoxy) is 2. The number of hydrogen-bond donors (Lipinski definition) is 1. The summed E-state index contributed by atoms with van der Waals surface area (Å²) in [5.41, 5.74) is 0.386.